The molecule has 3 heterocycles. The summed E-state index contributed by atoms with van der Waals surface area (Å²) in [6, 6.07) is 2.26. The van der Waals surface area contributed by atoms with Gasteiger partial charge in [0, 0.05) is 54.2 Å². The summed E-state index contributed by atoms with van der Waals surface area (Å²) in [7, 11) is -6.56. The van der Waals surface area contributed by atoms with E-state index in [2.05, 4.69) is 37.9 Å². The van der Waals surface area contributed by atoms with E-state index in [1.807, 2.05) is 18.6 Å². The van der Waals surface area contributed by atoms with Gasteiger partial charge in [-0.25, -0.2) is 23.4 Å². The number of imidazole rings is 1. The predicted molar refractivity (Wildman–Crippen MR) is 167 cm³/mol. The first-order valence-electron chi connectivity index (χ1n) is 13.7. The molecule has 4 aromatic rings. The molecule has 0 aliphatic heterocycles. The lowest BCUT2D eigenvalue weighted by atomic mass is 10.2. The van der Waals surface area contributed by atoms with Crippen molar-refractivity contribution >= 4 is 53.4 Å². The third-order valence-electron chi connectivity index (χ3n) is 5.72. The molecule has 1 aromatic carbocycles. The minimum Gasteiger partial charge on any atom is -0.484 e. The van der Waals surface area contributed by atoms with Gasteiger partial charge in [0.25, 0.3) is 20.0 Å². The van der Waals surface area contributed by atoms with Gasteiger partial charge in [-0.05, 0) is 19.1 Å². The van der Waals surface area contributed by atoms with Crippen molar-refractivity contribution in [2.75, 3.05) is 22.7 Å². The SMILES string of the molecule is CC(C)c1nsc(NS(=O)(=O)c2cc(OCC(F)(F)F)ccc2OCC(F)(F)F)n1.Cc1nc(S(=O)(=O)Nc2nc(C(C)C)ns2)cn1C. The second kappa shape index (κ2) is 15.4. The average molecular weight is 781 g/mol. The zero-order valence-electron chi connectivity index (χ0n) is 26.4. The van der Waals surface area contributed by atoms with E-state index in [1.165, 1.54) is 6.20 Å². The quantitative estimate of drug-likeness (QED) is 0.165. The summed E-state index contributed by atoms with van der Waals surface area (Å²) in [6.07, 6.45) is -8.02. The van der Waals surface area contributed by atoms with Crippen LogP contribution >= 0.6 is 23.1 Å². The number of aromatic nitrogens is 6. The van der Waals surface area contributed by atoms with Crippen LogP contribution in [-0.2, 0) is 27.1 Å². The molecule has 0 saturated carbocycles. The van der Waals surface area contributed by atoms with Gasteiger partial charge in [-0.2, -0.15) is 43.5 Å². The van der Waals surface area contributed by atoms with Gasteiger partial charge in [-0.3, -0.25) is 9.44 Å². The van der Waals surface area contributed by atoms with Crippen molar-refractivity contribution in [2.24, 2.45) is 7.05 Å². The summed E-state index contributed by atoms with van der Waals surface area (Å²) in [5.74, 6) is 0.352. The Bertz CT molecular complexity index is 1920. The van der Waals surface area contributed by atoms with Gasteiger partial charge in [0.15, 0.2) is 18.2 Å². The smallest absolute Gasteiger partial charge is 0.422 e. The van der Waals surface area contributed by atoms with E-state index >= 15 is 0 Å². The topological polar surface area (TPSA) is 180 Å². The standard InChI is InChI=1S/C15H15F6N3O4S2.C10H15N5O2S2/c1-8(2)12-22-13(29-23-12)24-30(25,26)11-5-9(27-6-14(16,17)18)3-4-10(11)28-7-15(19,20)21;1-6(2)9-12-10(18-13-9)14-19(16,17)8-5-15(4)7(3)11-8/h3-5,8H,6-7H2,1-2H3,(H,22,23,24);5-6H,1-4H3,(H,12,13,14). The van der Waals surface area contributed by atoms with Gasteiger partial charge in [-0.1, -0.05) is 27.7 Å². The summed E-state index contributed by atoms with van der Waals surface area (Å²) in [4.78, 5) is 11.2. The van der Waals surface area contributed by atoms with Crippen molar-refractivity contribution in [1.82, 2.24) is 28.3 Å². The highest BCUT2D eigenvalue weighted by Gasteiger charge is 2.32. The highest BCUT2D eigenvalue weighted by Crippen LogP contribution is 2.33. The minimum atomic E-state index is -4.77. The van der Waals surface area contributed by atoms with Crippen molar-refractivity contribution in [1.29, 1.82) is 0 Å². The van der Waals surface area contributed by atoms with E-state index in [-0.39, 0.29) is 27.1 Å². The normalized spacial score (nSPS) is 12.5. The Balaban J connectivity index is 0.000000293. The first-order valence-corrected chi connectivity index (χ1v) is 18.2. The fourth-order valence-corrected chi connectivity index (χ4v) is 7.31. The van der Waals surface area contributed by atoms with Crippen molar-refractivity contribution < 1.29 is 52.7 Å². The van der Waals surface area contributed by atoms with E-state index in [0.29, 0.717) is 35.1 Å². The van der Waals surface area contributed by atoms with Crippen LogP contribution in [0, 0.1) is 6.92 Å². The number of aryl methyl sites for hydroxylation is 2. The first kappa shape index (κ1) is 39.7. The molecule has 0 bridgehead atoms. The van der Waals surface area contributed by atoms with Gasteiger partial charge in [0.1, 0.15) is 33.9 Å². The van der Waals surface area contributed by atoms with E-state index in [9.17, 15) is 43.2 Å². The van der Waals surface area contributed by atoms with Crippen LogP contribution < -0.4 is 18.9 Å². The highest BCUT2D eigenvalue weighted by atomic mass is 32.2. The second-order valence-corrected chi connectivity index (χ2v) is 15.4. The van der Waals surface area contributed by atoms with Crippen LogP contribution in [0.25, 0.3) is 0 Å². The van der Waals surface area contributed by atoms with Crippen molar-refractivity contribution in [3.8, 4) is 11.5 Å². The summed E-state index contributed by atoms with van der Waals surface area (Å²) in [5, 5.41) is 0.0582. The Morgan fingerprint density at radius 1 is 0.796 bits per heavy atom. The molecule has 24 heteroatoms. The van der Waals surface area contributed by atoms with Gasteiger partial charge in [-0.15, -0.1) is 0 Å². The summed E-state index contributed by atoms with van der Waals surface area (Å²) >= 11 is 1.71. The number of nitrogens with one attached hydrogen (secondary N) is 2. The Morgan fingerprint density at radius 3 is 1.71 bits per heavy atom. The largest absolute Gasteiger partial charge is 0.484 e. The predicted octanol–water partition coefficient (Wildman–Crippen LogP) is 5.85. The number of ether oxygens (including phenoxy) is 2. The van der Waals surface area contributed by atoms with Crippen LogP contribution in [0.3, 0.4) is 0 Å². The molecular weight excluding hydrogens is 751 g/mol. The van der Waals surface area contributed by atoms with E-state index in [0.717, 1.165) is 23.7 Å². The van der Waals surface area contributed by atoms with Gasteiger partial charge >= 0.3 is 12.4 Å². The molecule has 0 aliphatic carbocycles. The molecule has 0 radical (unpaired) electrons. The molecule has 49 heavy (non-hydrogen) atoms. The first-order chi connectivity index (χ1) is 22.5. The van der Waals surface area contributed by atoms with Crippen molar-refractivity contribution in [3.05, 3.63) is 41.9 Å². The van der Waals surface area contributed by atoms with Crippen LogP contribution in [0.5, 0.6) is 11.5 Å². The van der Waals surface area contributed by atoms with E-state index in [1.54, 1.807) is 32.4 Å². The average Bonchev–Trinajstić information content (AvgIpc) is 3.71. The molecular formula is C25H30F6N8O6S4. The number of hydrogen-bond donors (Lipinski definition) is 2. The second-order valence-electron chi connectivity index (χ2n) is 10.6. The van der Waals surface area contributed by atoms with Crippen LogP contribution in [0.4, 0.5) is 36.6 Å². The molecule has 0 atom stereocenters. The van der Waals surface area contributed by atoms with E-state index in [4.69, 9.17) is 0 Å². The lowest BCUT2D eigenvalue weighted by molar-refractivity contribution is -0.154. The molecule has 0 spiro atoms. The number of alkyl halides is 6. The van der Waals surface area contributed by atoms with Crippen LogP contribution in [0.1, 0.15) is 57.0 Å². The molecule has 0 aliphatic rings. The Labute approximate surface area is 285 Å². The maximum Gasteiger partial charge on any atom is 0.422 e. The zero-order chi connectivity index (χ0) is 36.9. The summed E-state index contributed by atoms with van der Waals surface area (Å²) in [5.41, 5.74) is 0. The molecule has 4 rings (SSSR count). The van der Waals surface area contributed by atoms with Gasteiger partial charge < -0.3 is 14.0 Å². The van der Waals surface area contributed by atoms with Crippen LogP contribution in [0.2, 0.25) is 0 Å². The lowest BCUT2D eigenvalue weighted by Crippen LogP contribution is -2.22. The molecule has 272 valence electrons. The number of benzene rings is 1. The maximum absolute atomic E-state index is 12.7. The summed E-state index contributed by atoms with van der Waals surface area (Å²) < 4.78 is 147. The molecule has 0 fully saturated rings. The minimum absolute atomic E-state index is 0.0196. The number of anilines is 2. The molecule has 0 unspecified atom stereocenters. The number of hydrogen-bond acceptors (Lipinski definition) is 13. The molecule has 14 nitrogen and oxygen atoms in total. The van der Waals surface area contributed by atoms with Crippen LogP contribution in [0.15, 0.2) is 34.3 Å². The molecule has 0 saturated heterocycles. The Hall–Kier alpha value is -3.77. The number of nitrogens with zero attached hydrogens (tertiary/aromatic N) is 6. The molecule has 2 N–H and O–H groups in total. The van der Waals surface area contributed by atoms with Gasteiger partial charge in [0.05, 0.1) is 0 Å². The highest BCUT2D eigenvalue weighted by molar-refractivity contribution is 7.93. The number of sulfonamides is 2. The third kappa shape index (κ3) is 12.0. The van der Waals surface area contributed by atoms with Crippen LogP contribution in [-0.4, -0.2) is 70.7 Å². The lowest BCUT2D eigenvalue weighted by Gasteiger charge is -2.15. The monoisotopic (exact) mass is 780 g/mol. The van der Waals surface area contributed by atoms with Gasteiger partial charge in [0.2, 0.25) is 10.3 Å². The fraction of sp³-hybridized carbons (Fsp3) is 0.480. The maximum atomic E-state index is 12.7. The molecule has 3 aromatic heterocycles. The Morgan fingerprint density at radius 2 is 1.29 bits per heavy atom. The van der Waals surface area contributed by atoms with Crippen molar-refractivity contribution in [2.45, 2.75) is 68.7 Å². The number of rotatable bonds is 12. The van der Waals surface area contributed by atoms with E-state index < -0.39 is 62.0 Å². The van der Waals surface area contributed by atoms with Crippen molar-refractivity contribution in [3.63, 3.8) is 0 Å². The Kier molecular flexibility index (Phi) is 12.5. The number of halogens is 6. The third-order valence-corrected chi connectivity index (χ3v) is 9.84. The molecule has 0 amide bonds. The zero-order valence-corrected chi connectivity index (χ0v) is 29.7. The fourth-order valence-electron chi connectivity index (χ4n) is 3.25. The summed E-state index contributed by atoms with van der Waals surface area (Å²) in [6.45, 7) is 5.60.